The Kier molecular flexibility index (Phi) is 3.71. The lowest BCUT2D eigenvalue weighted by molar-refractivity contribution is 0.102. The van der Waals surface area contributed by atoms with Gasteiger partial charge in [-0.3, -0.25) is 4.79 Å². The van der Waals surface area contributed by atoms with Crippen molar-refractivity contribution in [1.82, 2.24) is 14.8 Å². The molecule has 2 aromatic heterocycles. The molecule has 1 fully saturated rings. The number of benzene rings is 2. The van der Waals surface area contributed by atoms with Gasteiger partial charge in [0.25, 0.3) is 5.91 Å². The van der Waals surface area contributed by atoms with Gasteiger partial charge in [0.1, 0.15) is 11.5 Å². The Morgan fingerprint density at radius 3 is 2.56 bits per heavy atom. The number of nitrogens with one attached hydrogen (secondary N) is 1. The van der Waals surface area contributed by atoms with E-state index in [1.807, 2.05) is 66.7 Å². The lowest BCUT2D eigenvalue weighted by Gasteiger charge is -2.09. The second-order valence-electron chi connectivity index (χ2n) is 6.82. The first-order valence-corrected chi connectivity index (χ1v) is 9.10. The molecule has 1 N–H and O–H groups in total. The van der Waals surface area contributed by atoms with E-state index in [0.717, 1.165) is 35.1 Å². The molecule has 1 amide bonds. The highest BCUT2D eigenvalue weighted by molar-refractivity contribution is 6.03. The first-order chi connectivity index (χ1) is 13.3. The average molecular weight is 354 g/mol. The number of para-hydroxylation sites is 2. The quantitative estimate of drug-likeness (QED) is 0.585. The third-order valence-corrected chi connectivity index (χ3v) is 4.80. The van der Waals surface area contributed by atoms with Crippen molar-refractivity contribution in [2.45, 2.75) is 18.8 Å². The van der Waals surface area contributed by atoms with Gasteiger partial charge in [-0.2, -0.15) is 5.10 Å². The maximum Gasteiger partial charge on any atom is 0.275 e. The second-order valence-corrected chi connectivity index (χ2v) is 6.82. The predicted octanol–water partition coefficient (Wildman–Crippen LogP) is 4.55. The summed E-state index contributed by atoms with van der Waals surface area (Å²) in [6, 6.07) is 23.3. The molecular weight excluding hydrogens is 336 g/mol. The fourth-order valence-corrected chi connectivity index (χ4v) is 3.21. The van der Waals surface area contributed by atoms with Crippen molar-refractivity contribution >= 4 is 22.6 Å². The minimum atomic E-state index is -0.236. The number of carbonyl (C=O) groups is 1. The van der Waals surface area contributed by atoms with Gasteiger partial charge in [0.2, 0.25) is 0 Å². The topological polar surface area (TPSA) is 59.8 Å². The van der Waals surface area contributed by atoms with Gasteiger partial charge in [-0.1, -0.05) is 42.5 Å². The number of anilines is 1. The third kappa shape index (κ3) is 3.08. The number of fused-ring (bicyclic) bond motifs is 1. The van der Waals surface area contributed by atoms with Crippen molar-refractivity contribution < 1.29 is 4.79 Å². The highest BCUT2D eigenvalue weighted by Crippen LogP contribution is 2.40. The molecule has 1 aliphatic carbocycles. The number of nitrogens with zero attached hydrogens (tertiary/aromatic N) is 3. The molecule has 0 aliphatic heterocycles. The predicted molar refractivity (Wildman–Crippen MR) is 105 cm³/mol. The normalized spacial score (nSPS) is 13.6. The first kappa shape index (κ1) is 15.8. The van der Waals surface area contributed by atoms with Gasteiger partial charge in [-0.15, -0.1) is 0 Å². The summed E-state index contributed by atoms with van der Waals surface area (Å²) in [5, 5.41) is 8.73. The van der Waals surface area contributed by atoms with Crippen molar-refractivity contribution in [3.8, 4) is 5.69 Å². The average Bonchev–Trinajstić information content (AvgIpc) is 3.49. The van der Waals surface area contributed by atoms with Gasteiger partial charge >= 0.3 is 0 Å². The van der Waals surface area contributed by atoms with E-state index in [1.165, 1.54) is 0 Å². The molecule has 0 spiro atoms. The largest absolute Gasteiger partial charge is 0.305 e. The van der Waals surface area contributed by atoms with Gasteiger partial charge in [0.15, 0.2) is 0 Å². The van der Waals surface area contributed by atoms with Crippen LogP contribution in [0.4, 0.5) is 5.82 Å². The first-order valence-electron chi connectivity index (χ1n) is 9.10. The van der Waals surface area contributed by atoms with Crippen LogP contribution < -0.4 is 5.32 Å². The fourth-order valence-electron chi connectivity index (χ4n) is 3.21. The van der Waals surface area contributed by atoms with Crippen LogP contribution in [0.2, 0.25) is 0 Å². The molecule has 132 valence electrons. The van der Waals surface area contributed by atoms with E-state index in [2.05, 4.69) is 10.3 Å². The van der Waals surface area contributed by atoms with Crippen LogP contribution in [-0.4, -0.2) is 20.7 Å². The Balaban J connectivity index is 1.49. The summed E-state index contributed by atoms with van der Waals surface area (Å²) >= 11 is 0. The highest BCUT2D eigenvalue weighted by Gasteiger charge is 2.28. The summed E-state index contributed by atoms with van der Waals surface area (Å²) in [6.45, 7) is 0. The number of rotatable bonds is 4. The van der Waals surface area contributed by atoms with Crippen LogP contribution in [0.5, 0.6) is 0 Å². The Morgan fingerprint density at radius 2 is 1.74 bits per heavy atom. The zero-order chi connectivity index (χ0) is 18.2. The summed E-state index contributed by atoms with van der Waals surface area (Å²) in [4.78, 5) is 17.3. The minimum absolute atomic E-state index is 0.236. The van der Waals surface area contributed by atoms with Gasteiger partial charge in [-0.05, 0) is 37.1 Å². The maximum atomic E-state index is 12.8. The lowest BCUT2D eigenvalue weighted by Crippen LogP contribution is -2.16. The molecule has 0 radical (unpaired) electrons. The van der Waals surface area contributed by atoms with Crippen LogP contribution in [-0.2, 0) is 0 Å². The van der Waals surface area contributed by atoms with Crippen LogP contribution in [0.15, 0.2) is 72.8 Å². The second kappa shape index (κ2) is 6.36. The molecule has 5 heteroatoms. The Bertz CT molecular complexity index is 1130. The molecule has 1 aliphatic rings. The summed E-state index contributed by atoms with van der Waals surface area (Å²) in [5.74, 6) is 0.938. The molecule has 0 unspecified atom stereocenters. The molecule has 1 saturated carbocycles. The lowest BCUT2D eigenvalue weighted by atomic mass is 10.2. The molecule has 0 atom stereocenters. The van der Waals surface area contributed by atoms with E-state index in [1.54, 1.807) is 10.7 Å². The van der Waals surface area contributed by atoms with E-state index in [-0.39, 0.29) is 5.91 Å². The molecule has 2 aromatic carbocycles. The molecule has 4 aromatic rings. The number of amides is 1. The maximum absolute atomic E-state index is 12.8. The van der Waals surface area contributed by atoms with Gasteiger partial charge in [0.05, 0.1) is 16.9 Å². The fraction of sp³-hybridized carbons (Fsp3) is 0.136. The van der Waals surface area contributed by atoms with E-state index in [0.29, 0.717) is 17.4 Å². The number of hydrogen-bond donors (Lipinski definition) is 1. The summed E-state index contributed by atoms with van der Waals surface area (Å²) < 4.78 is 1.80. The van der Waals surface area contributed by atoms with E-state index >= 15 is 0 Å². The van der Waals surface area contributed by atoms with Gasteiger partial charge in [-0.25, -0.2) is 9.67 Å². The van der Waals surface area contributed by atoms with Gasteiger partial charge < -0.3 is 5.32 Å². The van der Waals surface area contributed by atoms with Crippen molar-refractivity contribution in [3.63, 3.8) is 0 Å². The Morgan fingerprint density at radius 1 is 0.963 bits per heavy atom. The number of pyridine rings is 1. The van der Waals surface area contributed by atoms with Crippen LogP contribution in [0, 0.1) is 0 Å². The molecule has 27 heavy (non-hydrogen) atoms. The zero-order valence-electron chi connectivity index (χ0n) is 14.7. The van der Waals surface area contributed by atoms with E-state index in [4.69, 9.17) is 5.10 Å². The van der Waals surface area contributed by atoms with Crippen LogP contribution >= 0.6 is 0 Å². The van der Waals surface area contributed by atoms with Crippen LogP contribution in [0.25, 0.3) is 16.6 Å². The molecule has 0 saturated heterocycles. The van der Waals surface area contributed by atoms with Crippen molar-refractivity contribution in [1.29, 1.82) is 0 Å². The Labute approximate surface area is 156 Å². The van der Waals surface area contributed by atoms with Crippen molar-refractivity contribution in [2.75, 3.05) is 5.32 Å². The molecule has 5 rings (SSSR count). The van der Waals surface area contributed by atoms with E-state index in [9.17, 15) is 4.79 Å². The summed E-state index contributed by atoms with van der Waals surface area (Å²) in [5.41, 5.74) is 3.15. The molecular formula is C22H18N4O. The van der Waals surface area contributed by atoms with Crippen LogP contribution in [0.3, 0.4) is 0 Å². The standard InChI is InChI=1S/C22H18N4O/c27-22(19-13-12-15-6-4-5-9-18(15)23-19)24-21-14-20(16-10-11-16)25-26(21)17-7-2-1-3-8-17/h1-9,12-14,16H,10-11H2,(H,24,27). The molecule has 0 bridgehead atoms. The summed E-state index contributed by atoms with van der Waals surface area (Å²) in [6.07, 6.45) is 2.32. The van der Waals surface area contributed by atoms with E-state index < -0.39 is 0 Å². The van der Waals surface area contributed by atoms with Crippen molar-refractivity contribution in [3.05, 3.63) is 84.2 Å². The highest BCUT2D eigenvalue weighted by atomic mass is 16.2. The monoisotopic (exact) mass is 354 g/mol. The number of carbonyl (C=O) groups excluding carboxylic acids is 1. The van der Waals surface area contributed by atoms with Crippen LogP contribution in [0.1, 0.15) is 34.9 Å². The molecule has 5 nitrogen and oxygen atoms in total. The smallest absolute Gasteiger partial charge is 0.275 e. The van der Waals surface area contributed by atoms with Gasteiger partial charge in [0, 0.05) is 17.4 Å². The number of aromatic nitrogens is 3. The Hall–Kier alpha value is -3.47. The minimum Gasteiger partial charge on any atom is -0.305 e. The molecule has 2 heterocycles. The summed E-state index contributed by atoms with van der Waals surface area (Å²) in [7, 11) is 0. The van der Waals surface area contributed by atoms with Crippen molar-refractivity contribution in [2.24, 2.45) is 0 Å². The SMILES string of the molecule is O=C(Nc1cc(C2CC2)nn1-c1ccccc1)c1ccc2ccccc2n1. The zero-order valence-corrected chi connectivity index (χ0v) is 14.7. The number of hydrogen-bond acceptors (Lipinski definition) is 3. The third-order valence-electron chi connectivity index (χ3n) is 4.80.